The molecule has 5 nitrogen and oxygen atoms in total. The molecule has 2 N–H and O–H groups in total. The average molecular weight is 323 g/mol. The normalized spacial score (nSPS) is 14.0. The Balaban J connectivity index is 1.66. The topological polar surface area (TPSA) is 61.4 Å². The van der Waals surface area contributed by atoms with E-state index in [0.29, 0.717) is 0 Å². The molecule has 0 unspecified atom stereocenters. The highest BCUT2D eigenvalue weighted by molar-refractivity contribution is 6.00. The van der Waals surface area contributed by atoms with E-state index in [1.807, 2.05) is 54.3 Å². The molecule has 0 saturated heterocycles. The van der Waals surface area contributed by atoms with Gasteiger partial charge in [-0.15, -0.1) is 0 Å². The van der Waals surface area contributed by atoms with Crippen LogP contribution in [0.5, 0.6) is 0 Å². The van der Waals surface area contributed by atoms with E-state index in [1.165, 1.54) is 12.5 Å². The quantitative estimate of drug-likeness (QED) is 0.909. The second kappa shape index (κ2) is 6.74. The van der Waals surface area contributed by atoms with Crippen molar-refractivity contribution in [3.8, 4) is 0 Å². The Morgan fingerprint density at radius 1 is 1.04 bits per heavy atom. The van der Waals surface area contributed by atoms with Crippen LogP contribution in [0.15, 0.2) is 48.5 Å². The third-order valence-corrected chi connectivity index (χ3v) is 4.11. The molecule has 0 aromatic heterocycles. The predicted molar refractivity (Wildman–Crippen MR) is 96.3 cm³/mol. The van der Waals surface area contributed by atoms with Gasteiger partial charge in [-0.3, -0.25) is 9.59 Å². The van der Waals surface area contributed by atoms with Gasteiger partial charge in [0.05, 0.1) is 0 Å². The number of amides is 2. The highest BCUT2D eigenvalue weighted by Gasteiger charge is 2.27. The van der Waals surface area contributed by atoms with E-state index in [0.717, 1.165) is 30.0 Å². The summed E-state index contributed by atoms with van der Waals surface area (Å²) in [5, 5.41) is 5.95. The number of para-hydroxylation sites is 1. The van der Waals surface area contributed by atoms with Crippen LogP contribution in [-0.4, -0.2) is 24.4 Å². The van der Waals surface area contributed by atoms with E-state index in [9.17, 15) is 9.59 Å². The van der Waals surface area contributed by atoms with Crippen molar-refractivity contribution in [1.82, 2.24) is 0 Å². The van der Waals surface area contributed by atoms with Gasteiger partial charge < -0.3 is 15.5 Å². The van der Waals surface area contributed by atoms with E-state index in [-0.39, 0.29) is 17.9 Å². The summed E-state index contributed by atoms with van der Waals surface area (Å²) < 4.78 is 0. The van der Waals surface area contributed by atoms with Gasteiger partial charge in [0, 0.05) is 30.5 Å². The summed E-state index contributed by atoms with van der Waals surface area (Å²) in [6.07, 6.45) is 0.903. The highest BCUT2D eigenvalue weighted by Crippen LogP contribution is 2.28. The van der Waals surface area contributed by atoms with Crippen LogP contribution in [0, 0.1) is 0 Å². The Bertz CT molecular complexity index is 755. The number of nitrogens with zero attached hydrogens (tertiary/aromatic N) is 1. The van der Waals surface area contributed by atoms with Crippen LogP contribution >= 0.6 is 0 Å². The largest absolute Gasteiger partial charge is 0.374 e. The Labute approximate surface area is 141 Å². The maximum absolute atomic E-state index is 12.7. The molecule has 124 valence electrons. The first-order valence-electron chi connectivity index (χ1n) is 8.08. The lowest BCUT2D eigenvalue weighted by Gasteiger charge is -2.23. The molecule has 1 aliphatic heterocycles. The summed E-state index contributed by atoms with van der Waals surface area (Å²) >= 11 is 0. The second-order valence-electron chi connectivity index (χ2n) is 5.99. The molecule has 2 aromatic carbocycles. The molecule has 1 aliphatic rings. The smallest absolute Gasteiger partial charge is 0.249 e. The van der Waals surface area contributed by atoms with Crippen LogP contribution in [0.4, 0.5) is 17.1 Å². The monoisotopic (exact) mass is 323 g/mol. The van der Waals surface area contributed by atoms with Gasteiger partial charge in [0.15, 0.2) is 0 Å². The van der Waals surface area contributed by atoms with E-state index >= 15 is 0 Å². The Morgan fingerprint density at radius 3 is 2.42 bits per heavy atom. The molecule has 2 aromatic rings. The third kappa shape index (κ3) is 3.40. The molecule has 1 heterocycles. The number of anilines is 3. The number of rotatable bonds is 4. The number of carbonyl (C=O) groups excluding carboxylic acids is 2. The fraction of sp³-hybridized carbons (Fsp3) is 0.263. The number of nitrogens with one attached hydrogen (secondary N) is 2. The van der Waals surface area contributed by atoms with Crippen LogP contribution in [0.1, 0.15) is 19.4 Å². The van der Waals surface area contributed by atoms with Crippen molar-refractivity contribution in [2.45, 2.75) is 26.3 Å². The molecule has 0 aliphatic carbocycles. The van der Waals surface area contributed by atoms with Gasteiger partial charge in [0.25, 0.3) is 0 Å². The number of fused-ring (bicyclic) bond motifs is 1. The fourth-order valence-electron chi connectivity index (χ4n) is 2.97. The van der Waals surface area contributed by atoms with Crippen molar-refractivity contribution in [3.63, 3.8) is 0 Å². The Hall–Kier alpha value is -2.82. The second-order valence-corrected chi connectivity index (χ2v) is 5.99. The lowest BCUT2D eigenvalue weighted by Crippen LogP contribution is -2.40. The van der Waals surface area contributed by atoms with Gasteiger partial charge in [0.1, 0.15) is 6.04 Å². The first-order valence-corrected chi connectivity index (χ1v) is 8.08. The van der Waals surface area contributed by atoms with E-state index in [2.05, 4.69) is 16.7 Å². The zero-order chi connectivity index (χ0) is 17.1. The van der Waals surface area contributed by atoms with Crippen molar-refractivity contribution in [2.75, 3.05) is 22.1 Å². The minimum Gasteiger partial charge on any atom is -0.374 e. The number of hydrogen-bond acceptors (Lipinski definition) is 3. The Kier molecular flexibility index (Phi) is 4.51. The van der Waals surface area contributed by atoms with Crippen LogP contribution in [0.2, 0.25) is 0 Å². The Morgan fingerprint density at radius 2 is 1.71 bits per heavy atom. The number of benzene rings is 2. The summed E-state index contributed by atoms with van der Waals surface area (Å²) in [5.41, 5.74) is 3.81. The summed E-state index contributed by atoms with van der Waals surface area (Å²) in [5.74, 6) is -0.0437. The van der Waals surface area contributed by atoms with Crippen LogP contribution in [-0.2, 0) is 16.0 Å². The minimum absolute atomic E-state index is 0.0610. The zero-order valence-electron chi connectivity index (χ0n) is 13.9. The SMILES string of the molecule is CC(=O)Nc1ccc(N[C@H](C)C(=O)N2CCc3ccccc32)cc1. The maximum Gasteiger partial charge on any atom is 0.249 e. The first-order chi connectivity index (χ1) is 11.5. The molecule has 5 heteroatoms. The van der Waals surface area contributed by atoms with Crippen LogP contribution in [0.3, 0.4) is 0 Å². The van der Waals surface area contributed by atoms with Gasteiger partial charge in [-0.05, 0) is 49.2 Å². The van der Waals surface area contributed by atoms with E-state index < -0.39 is 0 Å². The number of carbonyl (C=O) groups is 2. The maximum atomic E-state index is 12.7. The highest BCUT2D eigenvalue weighted by atomic mass is 16.2. The molecule has 0 saturated carbocycles. The van der Waals surface area contributed by atoms with Crippen molar-refractivity contribution < 1.29 is 9.59 Å². The summed E-state index contributed by atoms with van der Waals surface area (Å²) in [7, 11) is 0. The molecule has 24 heavy (non-hydrogen) atoms. The van der Waals surface area contributed by atoms with Crippen molar-refractivity contribution in [2.24, 2.45) is 0 Å². The molecule has 0 radical (unpaired) electrons. The van der Waals surface area contributed by atoms with Gasteiger partial charge in [-0.2, -0.15) is 0 Å². The molecular formula is C19H21N3O2. The summed E-state index contributed by atoms with van der Waals surface area (Å²) in [4.78, 5) is 25.6. The van der Waals surface area contributed by atoms with E-state index in [4.69, 9.17) is 0 Å². The van der Waals surface area contributed by atoms with Gasteiger partial charge in [0.2, 0.25) is 11.8 Å². The molecule has 0 spiro atoms. The molecule has 0 fully saturated rings. The molecule has 2 amide bonds. The van der Waals surface area contributed by atoms with Crippen molar-refractivity contribution in [3.05, 3.63) is 54.1 Å². The molecule has 0 bridgehead atoms. The summed E-state index contributed by atoms with van der Waals surface area (Å²) in [6, 6.07) is 15.0. The van der Waals surface area contributed by atoms with Gasteiger partial charge in [-0.25, -0.2) is 0 Å². The van der Waals surface area contributed by atoms with Crippen LogP contribution in [0.25, 0.3) is 0 Å². The van der Waals surface area contributed by atoms with E-state index in [1.54, 1.807) is 0 Å². The fourth-order valence-corrected chi connectivity index (χ4v) is 2.97. The van der Waals surface area contributed by atoms with Crippen LogP contribution < -0.4 is 15.5 Å². The van der Waals surface area contributed by atoms with Gasteiger partial charge in [-0.1, -0.05) is 18.2 Å². The molecule has 1 atom stereocenters. The minimum atomic E-state index is -0.331. The predicted octanol–water partition coefficient (Wildman–Crippen LogP) is 3.03. The third-order valence-electron chi connectivity index (χ3n) is 4.11. The lowest BCUT2D eigenvalue weighted by atomic mass is 10.2. The first kappa shape index (κ1) is 16.1. The molecule has 3 rings (SSSR count). The summed E-state index contributed by atoms with van der Waals surface area (Å²) in [6.45, 7) is 4.07. The van der Waals surface area contributed by atoms with Crippen molar-refractivity contribution in [1.29, 1.82) is 0 Å². The van der Waals surface area contributed by atoms with Gasteiger partial charge >= 0.3 is 0 Å². The standard InChI is InChI=1S/C19H21N3O2/c1-13(20-16-7-9-17(10-8-16)21-14(2)23)19(24)22-12-11-15-5-3-4-6-18(15)22/h3-10,13,20H,11-12H2,1-2H3,(H,21,23)/t13-/m1/s1. The average Bonchev–Trinajstić information content (AvgIpc) is 2.99. The molecular weight excluding hydrogens is 302 g/mol. The van der Waals surface area contributed by atoms with Crippen molar-refractivity contribution >= 4 is 28.9 Å². The number of hydrogen-bond donors (Lipinski definition) is 2. The zero-order valence-corrected chi connectivity index (χ0v) is 13.9. The lowest BCUT2D eigenvalue weighted by molar-refractivity contribution is -0.119.